The van der Waals surface area contributed by atoms with E-state index in [1.807, 2.05) is 18.2 Å². The number of thiophene rings is 1. The summed E-state index contributed by atoms with van der Waals surface area (Å²) in [5, 5.41) is 6.84. The number of nitrogens with zero attached hydrogens (tertiary/aromatic N) is 1. The molecule has 1 fully saturated rings. The smallest absolute Gasteiger partial charge is 0.250 e. The molecule has 0 aliphatic heterocycles. The average molecular weight is 484 g/mol. The molecule has 3 aromatic rings. The standard InChI is InChI=1S/C24H25N3O4S2/c1-15-23(25-24(28)17-9-10-17)21(31-26-15)13-11-18-12-14-22(32-18)33(29,30)27-20-8-4-6-16-5-2-3-7-19(16)20/h2-3,5,7,11-14,17,20,27H,4,6,8-10H2,1H3,(H,25,28)/b13-11+/t20-/m1/s1. The predicted octanol–water partition coefficient (Wildman–Crippen LogP) is 4.92. The first kappa shape index (κ1) is 22.1. The molecule has 1 amide bonds. The van der Waals surface area contributed by atoms with Crippen molar-refractivity contribution >= 4 is 45.1 Å². The van der Waals surface area contributed by atoms with Gasteiger partial charge in [-0.05, 0) is 74.4 Å². The monoisotopic (exact) mass is 483 g/mol. The first-order chi connectivity index (χ1) is 15.9. The lowest BCUT2D eigenvalue weighted by Crippen LogP contribution is -2.30. The third kappa shape index (κ3) is 4.80. The quantitative estimate of drug-likeness (QED) is 0.497. The van der Waals surface area contributed by atoms with Gasteiger partial charge >= 0.3 is 0 Å². The number of carbonyl (C=O) groups is 1. The predicted molar refractivity (Wildman–Crippen MR) is 128 cm³/mol. The number of benzene rings is 1. The number of anilines is 1. The van der Waals surface area contributed by atoms with Crippen molar-refractivity contribution in [3.05, 3.63) is 63.9 Å². The molecule has 2 heterocycles. The van der Waals surface area contributed by atoms with Crippen LogP contribution in [-0.4, -0.2) is 19.5 Å². The minimum absolute atomic E-state index is 0.0178. The molecule has 1 aromatic carbocycles. The summed E-state index contributed by atoms with van der Waals surface area (Å²) in [5.74, 6) is 0.497. The van der Waals surface area contributed by atoms with Crippen molar-refractivity contribution in [1.29, 1.82) is 0 Å². The van der Waals surface area contributed by atoms with Crippen LogP contribution in [0.4, 0.5) is 5.69 Å². The summed E-state index contributed by atoms with van der Waals surface area (Å²) in [6, 6.07) is 11.2. The highest BCUT2D eigenvalue weighted by molar-refractivity contribution is 7.91. The van der Waals surface area contributed by atoms with Crippen molar-refractivity contribution in [3.8, 4) is 0 Å². The Labute approximate surface area is 196 Å². The third-order valence-corrected chi connectivity index (χ3v) is 9.03. The normalized spacial score (nSPS) is 18.4. The van der Waals surface area contributed by atoms with Crippen LogP contribution in [0.1, 0.15) is 59.2 Å². The number of hydrogen-bond acceptors (Lipinski definition) is 6. The van der Waals surface area contributed by atoms with E-state index in [4.69, 9.17) is 4.52 Å². The molecule has 172 valence electrons. The minimum Gasteiger partial charge on any atom is -0.354 e. The summed E-state index contributed by atoms with van der Waals surface area (Å²) in [7, 11) is -3.65. The first-order valence-corrected chi connectivity index (χ1v) is 13.4. The van der Waals surface area contributed by atoms with Crippen molar-refractivity contribution in [2.45, 2.75) is 49.3 Å². The van der Waals surface area contributed by atoms with E-state index in [-0.39, 0.29) is 22.1 Å². The lowest BCUT2D eigenvalue weighted by atomic mass is 9.88. The van der Waals surface area contributed by atoms with Gasteiger partial charge < -0.3 is 9.84 Å². The number of fused-ring (bicyclic) bond motifs is 1. The van der Waals surface area contributed by atoms with Crippen molar-refractivity contribution < 1.29 is 17.7 Å². The molecule has 0 radical (unpaired) electrons. The van der Waals surface area contributed by atoms with Gasteiger partial charge in [-0.25, -0.2) is 13.1 Å². The second-order valence-corrected chi connectivity index (χ2v) is 11.6. The third-order valence-electron chi connectivity index (χ3n) is 6.02. The Morgan fingerprint density at radius 1 is 1.15 bits per heavy atom. The van der Waals surface area contributed by atoms with Crippen LogP contribution in [-0.2, 0) is 21.2 Å². The molecule has 2 aromatic heterocycles. The van der Waals surface area contributed by atoms with E-state index in [2.05, 4.69) is 21.3 Å². The highest BCUT2D eigenvalue weighted by Crippen LogP contribution is 2.34. The van der Waals surface area contributed by atoms with E-state index < -0.39 is 10.0 Å². The van der Waals surface area contributed by atoms with Crippen molar-refractivity contribution in [2.75, 3.05) is 5.32 Å². The molecule has 33 heavy (non-hydrogen) atoms. The fourth-order valence-electron chi connectivity index (χ4n) is 4.07. The largest absolute Gasteiger partial charge is 0.354 e. The number of amides is 1. The van der Waals surface area contributed by atoms with E-state index in [1.54, 1.807) is 31.2 Å². The van der Waals surface area contributed by atoms with Crippen LogP contribution >= 0.6 is 11.3 Å². The van der Waals surface area contributed by atoms with E-state index in [1.165, 1.54) is 16.9 Å². The zero-order valence-corrected chi connectivity index (χ0v) is 19.8. The number of aromatic nitrogens is 1. The topological polar surface area (TPSA) is 101 Å². The van der Waals surface area contributed by atoms with E-state index in [0.29, 0.717) is 17.1 Å². The summed E-state index contributed by atoms with van der Waals surface area (Å²) in [6.07, 6.45) is 8.02. The Bertz CT molecular complexity index is 1320. The number of aryl methyl sites for hydroxylation is 2. The average Bonchev–Trinajstić information content (AvgIpc) is 3.45. The van der Waals surface area contributed by atoms with Gasteiger partial charge in [0.1, 0.15) is 15.6 Å². The van der Waals surface area contributed by atoms with Gasteiger partial charge in [0.25, 0.3) is 10.0 Å². The zero-order valence-electron chi connectivity index (χ0n) is 18.2. The highest BCUT2D eigenvalue weighted by Gasteiger charge is 2.31. The van der Waals surface area contributed by atoms with Crippen molar-refractivity contribution in [2.24, 2.45) is 5.92 Å². The maximum absolute atomic E-state index is 13.0. The number of nitrogens with one attached hydrogen (secondary N) is 2. The van der Waals surface area contributed by atoms with E-state index in [9.17, 15) is 13.2 Å². The Morgan fingerprint density at radius 3 is 2.79 bits per heavy atom. The summed E-state index contributed by atoms with van der Waals surface area (Å²) < 4.78 is 34.6. The molecule has 2 N–H and O–H groups in total. The van der Waals surface area contributed by atoms with Gasteiger partial charge in [-0.2, -0.15) is 0 Å². The number of hydrogen-bond donors (Lipinski definition) is 2. The van der Waals surface area contributed by atoms with Crippen LogP contribution in [0.5, 0.6) is 0 Å². The summed E-state index contributed by atoms with van der Waals surface area (Å²) in [6.45, 7) is 1.77. The highest BCUT2D eigenvalue weighted by atomic mass is 32.2. The van der Waals surface area contributed by atoms with Crippen LogP contribution in [0.15, 0.2) is 45.1 Å². The van der Waals surface area contributed by atoms with Gasteiger partial charge in [-0.1, -0.05) is 29.4 Å². The Kier molecular flexibility index (Phi) is 5.94. The molecular weight excluding hydrogens is 458 g/mol. The summed E-state index contributed by atoms with van der Waals surface area (Å²) >= 11 is 1.18. The van der Waals surface area contributed by atoms with Gasteiger partial charge in [0.15, 0.2) is 5.76 Å². The molecule has 0 saturated heterocycles. The van der Waals surface area contributed by atoms with E-state index in [0.717, 1.165) is 42.5 Å². The van der Waals surface area contributed by atoms with Crippen LogP contribution in [0, 0.1) is 12.8 Å². The maximum atomic E-state index is 13.0. The molecule has 1 atom stereocenters. The van der Waals surface area contributed by atoms with Gasteiger partial charge in [-0.15, -0.1) is 11.3 Å². The van der Waals surface area contributed by atoms with Gasteiger partial charge in [0.2, 0.25) is 5.91 Å². The molecule has 9 heteroatoms. The zero-order chi connectivity index (χ0) is 23.0. The molecule has 7 nitrogen and oxygen atoms in total. The fourth-order valence-corrected chi connectivity index (χ4v) is 6.57. The van der Waals surface area contributed by atoms with Crippen LogP contribution in [0.25, 0.3) is 12.2 Å². The lowest BCUT2D eigenvalue weighted by Gasteiger charge is -2.25. The second kappa shape index (κ2) is 8.89. The SMILES string of the molecule is Cc1noc(/C=C/c2ccc(S(=O)(=O)N[C@@H]3CCCc4ccccc43)s2)c1NC(=O)C1CC1. The molecular formula is C24H25N3O4S2. The Morgan fingerprint density at radius 2 is 1.97 bits per heavy atom. The number of sulfonamides is 1. The molecule has 1 saturated carbocycles. The van der Waals surface area contributed by atoms with E-state index >= 15 is 0 Å². The van der Waals surface area contributed by atoms with Crippen LogP contribution < -0.4 is 10.0 Å². The molecule has 5 rings (SSSR count). The summed E-state index contributed by atoms with van der Waals surface area (Å²) in [5.41, 5.74) is 3.43. The van der Waals surface area contributed by atoms with Crippen molar-refractivity contribution in [3.63, 3.8) is 0 Å². The molecule has 0 spiro atoms. The maximum Gasteiger partial charge on any atom is 0.250 e. The molecule has 0 bridgehead atoms. The van der Waals surface area contributed by atoms with Gasteiger partial charge in [0, 0.05) is 16.8 Å². The minimum atomic E-state index is -3.65. The van der Waals surface area contributed by atoms with Crippen LogP contribution in [0.2, 0.25) is 0 Å². The van der Waals surface area contributed by atoms with Gasteiger partial charge in [0.05, 0.1) is 0 Å². The first-order valence-electron chi connectivity index (χ1n) is 11.1. The molecule has 2 aliphatic rings. The fraction of sp³-hybridized carbons (Fsp3) is 0.333. The number of carbonyl (C=O) groups excluding carboxylic acids is 1. The summed E-state index contributed by atoms with van der Waals surface area (Å²) in [4.78, 5) is 12.9. The Balaban J connectivity index is 1.31. The van der Waals surface area contributed by atoms with Gasteiger partial charge in [-0.3, -0.25) is 4.79 Å². The molecule has 0 unspecified atom stereocenters. The Hall–Kier alpha value is -2.75. The van der Waals surface area contributed by atoms with Crippen LogP contribution in [0.3, 0.4) is 0 Å². The van der Waals surface area contributed by atoms with Crippen molar-refractivity contribution in [1.82, 2.24) is 9.88 Å². The lowest BCUT2D eigenvalue weighted by molar-refractivity contribution is -0.117. The second-order valence-electron chi connectivity index (χ2n) is 8.53. The number of rotatable bonds is 7. The molecule has 2 aliphatic carbocycles.